The number of para-hydroxylation sites is 1. The predicted molar refractivity (Wildman–Crippen MR) is 85.8 cm³/mol. The number of carbonyl (C=O) groups excluding carboxylic acids is 1. The first-order chi connectivity index (χ1) is 10.3. The SMILES string of the molecule is CCCOc1ccc(NC(=O)CNc2ccccc2)cc1. The van der Waals surface area contributed by atoms with Gasteiger partial charge in [0.1, 0.15) is 5.75 Å². The van der Waals surface area contributed by atoms with Gasteiger partial charge in [-0.15, -0.1) is 0 Å². The highest BCUT2D eigenvalue weighted by molar-refractivity contribution is 5.93. The Morgan fingerprint density at radius 3 is 2.38 bits per heavy atom. The maximum atomic E-state index is 11.8. The normalized spacial score (nSPS) is 9.95. The van der Waals surface area contributed by atoms with E-state index < -0.39 is 0 Å². The van der Waals surface area contributed by atoms with Crippen LogP contribution in [0.1, 0.15) is 13.3 Å². The Kier molecular flexibility index (Phi) is 5.64. The summed E-state index contributed by atoms with van der Waals surface area (Å²) in [5.74, 6) is 0.735. The summed E-state index contributed by atoms with van der Waals surface area (Å²) in [4.78, 5) is 11.8. The monoisotopic (exact) mass is 284 g/mol. The van der Waals surface area contributed by atoms with Gasteiger partial charge in [0, 0.05) is 11.4 Å². The molecule has 2 N–H and O–H groups in total. The molecule has 110 valence electrons. The summed E-state index contributed by atoms with van der Waals surface area (Å²) in [5.41, 5.74) is 1.69. The largest absolute Gasteiger partial charge is 0.494 e. The van der Waals surface area contributed by atoms with Crippen molar-refractivity contribution in [3.05, 3.63) is 54.6 Å². The average Bonchev–Trinajstić information content (AvgIpc) is 2.53. The topological polar surface area (TPSA) is 50.4 Å². The molecular formula is C17H20N2O2. The Bertz CT molecular complexity index is 553. The predicted octanol–water partition coefficient (Wildman–Crippen LogP) is 3.53. The number of hydrogen-bond donors (Lipinski definition) is 2. The van der Waals surface area contributed by atoms with E-state index in [1.54, 1.807) is 0 Å². The zero-order chi connectivity index (χ0) is 14.9. The van der Waals surface area contributed by atoms with Crippen LogP contribution in [0.25, 0.3) is 0 Å². The molecule has 0 fully saturated rings. The molecule has 0 bridgehead atoms. The fourth-order valence-electron chi connectivity index (χ4n) is 1.80. The van der Waals surface area contributed by atoms with Crippen LogP contribution in [0.2, 0.25) is 0 Å². The second kappa shape index (κ2) is 7.94. The number of nitrogens with one attached hydrogen (secondary N) is 2. The molecule has 0 aliphatic carbocycles. The second-order valence-corrected chi connectivity index (χ2v) is 4.64. The van der Waals surface area contributed by atoms with E-state index in [9.17, 15) is 4.79 Å². The van der Waals surface area contributed by atoms with Gasteiger partial charge in [-0.05, 0) is 42.8 Å². The van der Waals surface area contributed by atoms with Crippen molar-refractivity contribution < 1.29 is 9.53 Å². The van der Waals surface area contributed by atoms with Crippen LogP contribution < -0.4 is 15.4 Å². The zero-order valence-corrected chi connectivity index (χ0v) is 12.1. The molecule has 0 radical (unpaired) electrons. The molecule has 0 saturated carbocycles. The third-order valence-electron chi connectivity index (χ3n) is 2.84. The molecule has 0 spiro atoms. The van der Waals surface area contributed by atoms with Crippen LogP contribution in [0.3, 0.4) is 0 Å². The lowest BCUT2D eigenvalue weighted by molar-refractivity contribution is -0.114. The minimum atomic E-state index is -0.0823. The summed E-state index contributed by atoms with van der Waals surface area (Å²) < 4.78 is 5.50. The lowest BCUT2D eigenvalue weighted by atomic mass is 10.3. The average molecular weight is 284 g/mol. The quantitative estimate of drug-likeness (QED) is 0.818. The van der Waals surface area contributed by atoms with E-state index in [1.165, 1.54) is 0 Å². The summed E-state index contributed by atoms with van der Waals surface area (Å²) in [6.45, 7) is 3.00. The number of rotatable bonds is 7. The van der Waals surface area contributed by atoms with Crippen LogP contribution in [0.4, 0.5) is 11.4 Å². The van der Waals surface area contributed by atoms with E-state index in [-0.39, 0.29) is 12.5 Å². The van der Waals surface area contributed by atoms with Gasteiger partial charge in [0.25, 0.3) is 0 Å². The first kappa shape index (κ1) is 14.9. The molecule has 4 nitrogen and oxygen atoms in total. The zero-order valence-electron chi connectivity index (χ0n) is 12.1. The van der Waals surface area contributed by atoms with Gasteiger partial charge in [-0.1, -0.05) is 25.1 Å². The third-order valence-corrected chi connectivity index (χ3v) is 2.84. The van der Waals surface area contributed by atoms with Gasteiger partial charge in [-0.2, -0.15) is 0 Å². The van der Waals surface area contributed by atoms with Gasteiger partial charge < -0.3 is 15.4 Å². The van der Waals surface area contributed by atoms with Crippen molar-refractivity contribution in [2.24, 2.45) is 0 Å². The van der Waals surface area contributed by atoms with Crippen molar-refractivity contribution >= 4 is 17.3 Å². The van der Waals surface area contributed by atoms with Crippen molar-refractivity contribution in [1.82, 2.24) is 0 Å². The standard InChI is InChI=1S/C17H20N2O2/c1-2-12-21-16-10-8-15(9-11-16)19-17(20)13-18-14-6-4-3-5-7-14/h3-11,18H,2,12-13H2,1H3,(H,19,20). The van der Waals surface area contributed by atoms with Gasteiger partial charge in [-0.3, -0.25) is 4.79 Å². The molecule has 0 atom stereocenters. The number of benzene rings is 2. The smallest absolute Gasteiger partial charge is 0.243 e. The van der Waals surface area contributed by atoms with E-state index in [1.807, 2.05) is 54.6 Å². The molecule has 0 heterocycles. The van der Waals surface area contributed by atoms with E-state index in [0.717, 1.165) is 23.5 Å². The van der Waals surface area contributed by atoms with Crippen molar-refractivity contribution in [3.63, 3.8) is 0 Å². The molecular weight excluding hydrogens is 264 g/mol. The molecule has 0 unspecified atom stereocenters. The van der Waals surface area contributed by atoms with Gasteiger partial charge >= 0.3 is 0 Å². The Hall–Kier alpha value is -2.49. The summed E-state index contributed by atoms with van der Waals surface area (Å²) in [6.07, 6.45) is 0.976. The Morgan fingerprint density at radius 2 is 1.71 bits per heavy atom. The number of carbonyl (C=O) groups is 1. The number of hydrogen-bond acceptors (Lipinski definition) is 3. The van der Waals surface area contributed by atoms with Gasteiger partial charge in [0.05, 0.1) is 13.2 Å². The molecule has 0 aliphatic rings. The van der Waals surface area contributed by atoms with E-state index in [2.05, 4.69) is 17.6 Å². The van der Waals surface area contributed by atoms with Crippen LogP contribution in [-0.4, -0.2) is 19.1 Å². The maximum Gasteiger partial charge on any atom is 0.243 e. The molecule has 2 aromatic rings. The first-order valence-electron chi connectivity index (χ1n) is 7.09. The second-order valence-electron chi connectivity index (χ2n) is 4.64. The van der Waals surface area contributed by atoms with E-state index in [0.29, 0.717) is 6.61 Å². The fourth-order valence-corrected chi connectivity index (χ4v) is 1.80. The van der Waals surface area contributed by atoms with Gasteiger partial charge in [-0.25, -0.2) is 0 Å². The summed E-state index contributed by atoms with van der Waals surface area (Å²) in [5, 5.41) is 5.91. The lowest BCUT2D eigenvalue weighted by Gasteiger charge is -2.09. The van der Waals surface area contributed by atoms with Crippen molar-refractivity contribution in [3.8, 4) is 5.75 Å². The fraction of sp³-hybridized carbons (Fsp3) is 0.235. The number of ether oxygens (including phenoxy) is 1. The maximum absolute atomic E-state index is 11.8. The van der Waals surface area contributed by atoms with Crippen LogP contribution in [-0.2, 0) is 4.79 Å². The summed E-state index contributed by atoms with van der Waals surface area (Å²) in [6, 6.07) is 17.0. The van der Waals surface area contributed by atoms with Crippen LogP contribution in [0, 0.1) is 0 Å². The van der Waals surface area contributed by atoms with Gasteiger partial charge in [0.15, 0.2) is 0 Å². The first-order valence-corrected chi connectivity index (χ1v) is 7.09. The third kappa shape index (κ3) is 5.18. The highest BCUT2D eigenvalue weighted by Crippen LogP contribution is 2.15. The highest BCUT2D eigenvalue weighted by atomic mass is 16.5. The summed E-state index contributed by atoms with van der Waals surface area (Å²) in [7, 11) is 0. The molecule has 4 heteroatoms. The Labute approximate surface area is 125 Å². The Morgan fingerprint density at radius 1 is 1.00 bits per heavy atom. The summed E-state index contributed by atoms with van der Waals surface area (Å²) >= 11 is 0. The number of anilines is 2. The lowest BCUT2D eigenvalue weighted by Crippen LogP contribution is -2.21. The van der Waals surface area contributed by atoms with Crippen LogP contribution in [0.5, 0.6) is 5.75 Å². The van der Waals surface area contributed by atoms with Crippen LogP contribution in [0.15, 0.2) is 54.6 Å². The minimum Gasteiger partial charge on any atom is -0.494 e. The molecule has 0 saturated heterocycles. The molecule has 2 rings (SSSR count). The molecule has 0 aliphatic heterocycles. The number of amides is 1. The van der Waals surface area contributed by atoms with Crippen LogP contribution >= 0.6 is 0 Å². The van der Waals surface area contributed by atoms with E-state index in [4.69, 9.17) is 4.74 Å². The Balaban J connectivity index is 1.79. The van der Waals surface area contributed by atoms with Crippen molar-refractivity contribution in [2.45, 2.75) is 13.3 Å². The molecule has 1 amide bonds. The van der Waals surface area contributed by atoms with Gasteiger partial charge in [0.2, 0.25) is 5.91 Å². The molecule has 0 aromatic heterocycles. The van der Waals surface area contributed by atoms with Crippen molar-refractivity contribution in [2.75, 3.05) is 23.8 Å². The molecule has 2 aromatic carbocycles. The van der Waals surface area contributed by atoms with Crippen molar-refractivity contribution in [1.29, 1.82) is 0 Å². The van der Waals surface area contributed by atoms with E-state index >= 15 is 0 Å². The molecule has 21 heavy (non-hydrogen) atoms. The minimum absolute atomic E-state index is 0.0823. The highest BCUT2D eigenvalue weighted by Gasteiger charge is 2.02.